The van der Waals surface area contributed by atoms with Crippen molar-refractivity contribution in [1.29, 1.82) is 0 Å². The molecule has 0 rings (SSSR count). The highest BCUT2D eigenvalue weighted by Gasteiger charge is 2.23. The molecule has 0 spiro atoms. The van der Waals surface area contributed by atoms with Crippen molar-refractivity contribution in [3.63, 3.8) is 0 Å². The van der Waals surface area contributed by atoms with Crippen LogP contribution < -0.4 is 10.2 Å². The van der Waals surface area contributed by atoms with Crippen LogP contribution in [0.3, 0.4) is 0 Å². The molecular formula is C50H91N2O6P. The minimum Gasteiger partial charge on any atom is -0.756 e. The second-order valence-electron chi connectivity index (χ2n) is 17.1. The summed E-state index contributed by atoms with van der Waals surface area (Å²) in [4.78, 5) is 25.3. The molecule has 342 valence electrons. The smallest absolute Gasteiger partial charge is 0.268 e. The zero-order valence-electron chi connectivity index (χ0n) is 38.7. The first-order chi connectivity index (χ1) is 28.5. The van der Waals surface area contributed by atoms with Crippen molar-refractivity contribution in [2.45, 2.75) is 199 Å². The van der Waals surface area contributed by atoms with Gasteiger partial charge in [-0.2, -0.15) is 0 Å². The lowest BCUT2D eigenvalue weighted by atomic mass is 10.1. The van der Waals surface area contributed by atoms with Crippen LogP contribution in [0.25, 0.3) is 0 Å². The number of unbranched alkanes of at least 4 members (excludes halogenated alkanes) is 19. The van der Waals surface area contributed by atoms with Gasteiger partial charge in [0.05, 0.1) is 39.9 Å². The van der Waals surface area contributed by atoms with Crippen LogP contribution in [0.1, 0.15) is 187 Å². The van der Waals surface area contributed by atoms with Crippen molar-refractivity contribution < 1.29 is 32.9 Å². The van der Waals surface area contributed by atoms with Crippen molar-refractivity contribution in [2.24, 2.45) is 0 Å². The second-order valence-corrected chi connectivity index (χ2v) is 18.5. The number of allylic oxidation sites excluding steroid dienone is 11. The van der Waals surface area contributed by atoms with Crippen molar-refractivity contribution in [3.8, 4) is 0 Å². The van der Waals surface area contributed by atoms with E-state index in [1.807, 2.05) is 27.2 Å². The fourth-order valence-corrected chi connectivity index (χ4v) is 7.03. The standard InChI is InChI=1S/C50H91N2O6P/c1-6-8-10-12-14-16-18-20-22-24-25-26-27-28-30-32-34-36-38-40-42-44-50(54)51-48(47-58-59(55,56)57-46-45-52(3,4)5)49(53)43-41-39-37-35-33-31-29-23-21-19-17-15-13-11-9-7-2/h18,20-21,23-25,27-28,33,35,41,43,48-49,53H,6-17,19,22,26,29-32,34,36-40,42,44-47H2,1-5H3,(H-,51,54,55,56)/b20-18-,23-21+,25-24-,28-27-,35-33+,43-41+. The molecule has 0 aliphatic heterocycles. The predicted molar refractivity (Wildman–Crippen MR) is 251 cm³/mol. The lowest BCUT2D eigenvalue weighted by Crippen LogP contribution is -2.45. The predicted octanol–water partition coefficient (Wildman–Crippen LogP) is 12.9. The molecule has 0 saturated heterocycles. The Morgan fingerprint density at radius 1 is 0.593 bits per heavy atom. The van der Waals surface area contributed by atoms with Crippen LogP contribution in [-0.4, -0.2) is 68.5 Å². The summed E-state index contributed by atoms with van der Waals surface area (Å²) in [7, 11) is 1.21. The number of likely N-dealkylation sites (N-methyl/N-ethyl adjacent to an activating group) is 1. The fraction of sp³-hybridized carbons (Fsp3) is 0.740. The molecule has 9 heteroatoms. The summed E-state index contributed by atoms with van der Waals surface area (Å²) in [5, 5.41) is 13.8. The number of nitrogens with zero attached hydrogens (tertiary/aromatic N) is 1. The number of carbonyl (C=O) groups is 1. The zero-order valence-corrected chi connectivity index (χ0v) is 39.6. The van der Waals surface area contributed by atoms with E-state index >= 15 is 0 Å². The number of carbonyl (C=O) groups excluding carboxylic acids is 1. The number of nitrogens with one attached hydrogen (secondary N) is 1. The Bertz CT molecular complexity index is 1190. The average molecular weight is 847 g/mol. The van der Waals surface area contributed by atoms with Crippen LogP contribution in [0.15, 0.2) is 72.9 Å². The normalized spacial score (nSPS) is 14.9. The molecule has 0 bridgehead atoms. The van der Waals surface area contributed by atoms with E-state index in [1.165, 1.54) is 96.3 Å². The van der Waals surface area contributed by atoms with Gasteiger partial charge in [-0.3, -0.25) is 9.36 Å². The van der Waals surface area contributed by atoms with Gasteiger partial charge in [0.15, 0.2) is 0 Å². The summed E-state index contributed by atoms with van der Waals surface area (Å²) in [6.45, 7) is 4.57. The number of rotatable bonds is 42. The number of hydrogen-bond acceptors (Lipinski definition) is 6. The van der Waals surface area contributed by atoms with Gasteiger partial charge in [0.2, 0.25) is 5.91 Å². The van der Waals surface area contributed by atoms with Gasteiger partial charge >= 0.3 is 0 Å². The van der Waals surface area contributed by atoms with Crippen LogP contribution in [0.5, 0.6) is 0 Å². The van der Waals surface area contributed by atoms with Gasteiger partial charge in [-0.15, -0.1) is 0 Å². The van der Waals surface area contributed by atoms with Crippen LogP contribution >= 0.6 is 7.82 Å². The molecule has 0 fully saturated rings. The first kappa shape index (κ1) is 56.9. The maximum atomic E-state index is 12.9. The molecule has 0 radical (unpaired) electrons. The lowest BCUT2D eigenvalue weighted by Gasteiger charge is -2.29. The Balaban J connectivity index is 4.48. The summed E-state index contributed by atoms with van der Waals surface area (Å²) >= 11 is 0. The van der Waals surface area contributed by atoms with Gasteiger partial charge in [0.1, 0.15) is 13.2 Å². The Hall–Kier alpha value is -2.06. The molecule has 59 heavy (non-hydrogen) atoms. The Kier molecular flexibility index (Phi) is 39.9. The van der Waals surface area contributed by atoms with E-state index < -0.39 is 26.6 Å². The number of phosphoric ester groups is 1. The van der Waals surface area contributed by atoms with Crippen LogP contribution in [0.2, 0.25) is 0 Å². The number of amides is 1. The van der Waals surface area contributed by atoms with E-state index in [2.05, 4.69) is 79.9 Å². The first-order valence-corrected chi connectivity index (χ1v) is 25.3. The van der Waals surface area contributed by atoms with Gasteiger partial charge < -0.3 is 28.8 Å². The molecular weight excluding hydrogens is 756 g/mol. The van der Waals surface area contributed by atoms with Gasteiger partial charge in [-0.25, -0.2) is 0 Å². The average Bonchev–Trinajstić information content (AvgIpc) is 3.19. The zero-order chi connectivity index (χ0) is 43.6. The second kappa shape index (κ2) is 41.3. The summed E-state index contributed by atoms with van der Waals surface area (Å²) in [5.41, 5.74) is 0. The summed E-state index contributed by atoms with van der Waals surface area (Å²) in [6, 6.07) is -0.919. The first-order valence-electron chi connectivity index (χ1n) is 23.8. The van der Waals surface area contributed by atoms with Crippen LogP contribution in [0.4, 0.5) is 0 Å². The quantitative estimate of drug-likeness (QED) is 0.0274. The highest BCUT2D eigenvalue weighted by atomic mass is 31.2. The van der Waals surface area contributed by atoms with E-state index in [0.29, 0.717) is 17.4 Å². The molecule has 0 saturated carbocycles. The van der Waals surface area contributed by atoms with Gasteiger partial charge in [-0.1, -0.05) is 170 Å². The molecule has 0 aliphatic rings. The number of quaternary nitrogens is 1. The molecule has 8 nitrogen and oxygen atoms in total. The molecule has 3 unspecified atom stereocenters. The number of hydrogen-bond donors (Lipinski definition) is 2. The molecule has 0 heterocycles. The third kappa shape index (κ3) is 43.8. The van der Waals surface area contributed by atoms with E-state index in [1.54, 1.807) is 6.08 Å². The van der Waals surface area contributed by atoms with E-state index in [9.17, 15) is 19.4 Å². The maximum absolute atomic E-state index is 12.9. The Morgan fingerprint density at radius 2 is 1.00 bits per heavy atom. The highest BCUT2D eigenvalue weighted by molar-refractivity contribution is 7.45. The lowest BCUT2D eigenvalue weighted by molar-refractivity contribution is -0.870. The van der Waals surface area contributed by atoms with Gasteiger partial charge in [-0.05, 0) is 83.5 Å². The fourth-order valence-electron chi connectivity index (χ4n) is 6.31. The molecule has 1 amide bonds. The van der Waals surface area contributed by atoms with Crippen molar-refractivity contribution in [3.05, 3.63) is 72.9 Å². The molecule has 2 N–H and O–H groups in total. The van der Waals surface area contributed by atoms with Crippen LogP contribution in [0, 0.1) is 0 Å². The summed E-state index contributed by atoms with van der Waals surface area (Å²) in [6.07, 6.45) is 55.2. The molecule has 0 aliphatic carbocycles. The minimum atomic E-state index is -4.61. The summed E-state index contributed by atoms with van der Waals surface area (Å²) in [5.74, 6) is -0.227. The summed E-state index contributed by atoms with van der Waals surface area (Å²) < 4.78 is 23.2. The monoisotopic (exact) mass is 847 g/mol. The number of phosphoric acid groups is 1. The minimum absolute atomic E-state index is 0.0152. The van der Waals surface area contributed by atoms with Crippen molar-refractivity contribution in [1.82, 2.24) is 5.32 Å². The van der Waals surface area contributed by atoms with Gasteiger partial charge in [0, 0.05) is 6.42 Å². The Morgan fingerprint density at radius 3 is 1.49 bits per heavy atom. The van der Waals surface area contributed by atoms with Crippen molar-refractivity contribution >= 4 is 13.7 Å². The molecule has 0 aromatic carbocycles. The number of aliphatic hydroxyl groups excluding tert-OH is 1. The van der Waals surface area contributed by atoms with E-state index in [-0.39, 0.29) is 12.5 Å². The molecule has 0 aromatic heterocycles. The molecule has 3 atom stereocenters. The van der Waals surface area contributed by atoms with Crippen molar-refractivity contribution in [2.75, 3.05) is 40.9 Å². The van der Waals surface area contributed by atoms with E-state index in [0.717, 1.165) is 70.6 Å². The maximum Gasteiger partial charge on any atom is 0.268 e. The third-order valence-electron chi connectivity index (χ3n) is 10.1. The van der Waals surface area contributed by atoms with Crippen LogP contribution in [-0.2, 0) is 18.4 Å². The SMILES string of the molecule is CCCCCCC/C=C\C/C=C\C/C=C\CCCCCCCCC(=O)NC(COP(=O)([O-])OCC[N+](C)(C)C)C(O)/C=C/CC/C=C/CC/C=C/CCCCCCCC. The highest BCUT2D eigenvalue weighted by Crippen LogP contribution is 2.38. The van der Waals surface area contributed by atoms with E-state index in [4.69, 9.17) is 9.05 Å². The number of aliphatic hydroxyl groups is 1. The largest absolute Gasteiger partial charge is 0.756 e. The Labute approximate surface area is 364 Å². The molecule has 0 aromatic rings. The topological polar surface area (TPSA) is 108 Å². The third-order valence-corrected chi connectivity index (χ3v) is 11.1. The van der Waals surface area contributed by atoms with Gasteiger partial charge in [0.25, 0.3) is 7.82 Å².